The number of alkyl halides is 6. The van der Waals surface area contributed by atoms with E-state index in [0.717, 1.165) is 0 Å². The lowest BCUT2D eigenvalue weighted by Gasteiger charge is -2.46. The first-order valence-electron chi connectivity index (χ1n) is 11.2. The van der Waals surface area contributed by atoms with Gasteiger partial charge in [-0.15, -0.1) is 0 Å². The summed E-state index contributed by atoms with van der Waals surface area (Å²) in [7, 11) is 0. The zero-order valence-electron chi connectivity index (χ0n) is 19.7. The lowest BCUT2D eigenvalue weighted by molar-refractivity contribution is -0.143. The van der Waals surface area contributed by atoms with Gasteiger partial charge in [-0.1, -0.05) is 30.3 Å². The Kier molecular flexibility index (Phi) is 7.80. The standard InChI is InChI=1S/C24H26F6N4O3/c1-14(15-9-17(23(25,26)27)11-18(10-15)24(28,29)30)37-13-22(16-5-3-2-4-6-16)8-7-21(12-33-22,19(31)35)34-20(32)36/h2-6,9-11,14,33H,7-8,12-13H2,1H3,(H2,31,35)(H3,32,34,36)/t14?,21-,22?/m0/s1. The van der Waals surface area contributed by atoms with Gasteiger partial charge in [-0.25, -0.2) is 4.79 Å². The number of piperidine rings is 1. The van der Waals surface area contributed by atoms with E-state index in [9.17, 15) is 35.9 Å². The van der Waals surface area contributed by atoms with Gasteiger partial charge < -0.3 is 26.8 Å². The Balaban J connectivity index is 1.90. The van der Waals surface area contributed by atoms with Crippen molar-refractivity contribution in [2.45, 2.75) is 49.3 Å². The summed E-state index contributed by atoms with van der Waals surface area (Å²) >= 11 is 0. The largest absolute Gasteiger partial charge is 0.416 e. The molecule has 0 radical (unpaired) electrons. The molecule has 1 aliphatic rings. The van der Waals surface area contributed by atoms with Crippen molar-refractivity contribution in [3.05, 3.63) is 70.8 Å². The van der Waals surface area contributed by atoms with E-state index in [1.807, 2.05) is 0 Å². The fourth-order valence-corrected chi connectivity index (χ4v) is 4.33. The van der Waals surface area contributed by atoms with Crippen molar-refractivity contribution in [2.24, 2.45) is 11.5 Å². The van der Waals surface area contributed by atoms with Gasteiger partial charge in [0.05, 0.1) is 29.4 Å². The average molecular weight is 532 g/mol. The first kappa shape index (κ1) is 28.3. The van der Waals surface area contributed by atoms with E-state index in [4.69, 9.17) is 16.2 Å². The zero-order valence-corrected chi connectivity index (χ0v) is 19.7. The second kappa shape index (κ2) is 10.2. The predicted molar refractivity (Wildman–Crippen MR) is 121 cm³/mol. The van der Waals surface area contributed by atoms with Crippen LogP contribution >= 0.6 is 0 Å². The summed E-state index contributed by atoms with van der Waals surface area (Å²) in [5.74, 6) is -0.821. The first-order valence-corrected chi connectivity index (χ1v) is 11.2. The highest BCUT2D eigenvalue weighted by Gasteiger charge is 2.48. The fraction of sp³-hybridized carbons (Fsp3) is 0.417. The van der Waals surface area contributed by atoms with E-state index in [1.165, 1.54) is 6.92 Å². The van der Waals surface area contributed by atoms with Crippen LogP contribution in [0.4, 0.5) is 31.1 Å². The van der Waals surface area contributed by atoms with E-state index in [0.29, 0.717) is 17.7 Å². The number of hydrogen-bond acceptors (Lipinski definition) is 4. The topological polar surface area (TPSA) is 119 Å². The molecule has 0 saturated carbocycles. The highest BCUT2D eigenvalue weighted by molar-refractivity contribution is 5.90. The van der Waals surface area contributed by atoms with Gasteiger partial charge in [-0.05, 0) is 49.1 Å². The molecule has 3 atom stereocenters. The molecule has 7 nitrogen and oxygen atoms in total. The molecule has 2 aromatic rings. The van der Waals surface area contributed by atoms with Gasteiger partial charge >= 0.3 is 18.4 Å². The fourth-order valence-electron chi connectivity index (χ4n) is 4.33. The van der Waals surface area contributed by atoms with Crippen molar-refractivity contribution in [3.63, 3.8) is 0 Å². The van der Waals surface area contributed by atoms with Crippen molar-refractivity contribution in [1.82, 2.24) is 10.6 Å². The van der Waals surface area contributed by atoms with Crippen LogP contribution in [0, 0.1) is 0 Å². The number of urea groups is 1. The summed E-state index contributed by atoms with van der Waals surface area (Å²) in [4.78, 5) is 23.6. The molecule has 1 fully saturated rings. The van der Waals surface area contributed by atoms with Gasteiger partial charge in [0.25, 0.3) is 0 Å². The maximum absolute atomic E-state index is 13.3. The molecular formula is C24H26F6N4O3. The van der Waals surface area contributed by atoms with Crippen LogP contribution in [-0.2, 0) is 27.4 Å². The van der Waals surface area contributed by atoms with E-state index in [-0.39, 0.29) is 37.6 Å². The molecule has 0 aliphatic carbocycles. The van der Waals surface area contributed by atoms with Crippen molar-refractivity contribution in [3.8, 4) is 0 Å². The molecule has 2 aromatic carbocycles. The summed E-state index contributed by atoms with van der Waals surface area (Å²) in [5, 5.41) is 5.51. The molecule has 1 saturated heterocycles. The maximum Gasteiger partial charge on any atom is 0.416 e. The van der Waals surface area contributed by atoms with Gasteiger partial charge in [-0.2, -0.15) is 26.3 Å². The summed E-state index contributed by atoms with van der Waals surface area (Å²) in [6.07, 6.45) is -10.9. The van der Waals surface area contributed by atoms with Crippen LogP contribution in [-0.4, -0.2) is 30.6 Å². The number of carbonyl (C=O) groups excluding carboxylic acids is 2. The minimum Gasteiger partial charge on any atom is -0.372 e. The third kappa shape index (κ3) is 6.34. The van der Waals surface area contributed by atoms with E-state index in [1.54, 1.807) is 30.3 Å². The monoisotopic (exact) mass is 532 g/mol. The van der Waals surface area contributed by atoms with Crippen molar-refractivity contribution in [1.29, 1.82) is 0 Å². The van der Waals surface area contributed by atoms with Gasteiger partial charge in [0.1, 0.15) is 5.54 Å². The minimum atomic E-state index is -4.99. The lowest BCUT2D eigenvalue weighted by atomic mass is 9.76. The van der Waals surface area contributed by atoms with Crippen molar-refractivity contribution < 1.29 is 40.7 Å². The van der Waals surface area contributed by atoms with Crippen LogP contribution < -0.4 is 22.1 Å². The van der Waals surface area contributed by atoms with Crippen LogP contribution in [0.1, 0.15) is 48.1 Å². The van der Waals surface area contributed by atoms with E-state index < -0.39 is 52.6 Å². The van der Waals surface area contributed by atoms with Gasteiger partial charge in [0, 0.05) is 6.54 Å². The summed E-state index contributed by atoms with van der Waals surface area (Å²) in [6.45, 7) is 1.03. The number of benzene rings is 2. The summed E-state index contributed by atoms with van der Waals surface area (Å²) < 4.78 is 85.6. The van der Waals surface area contributed by atoms with Gasteiger partial charge in [0.2, 0.25) is 5.91 Å². The summed E-state index contributed by atoms with van der Waals surface area (Å²) in [5.41, 5.74) is 5.74. The first-order chi connectivity index (χ1) is 17.1. The number of amides is 3. The smallest absolute Gasteiger partial charge is 0.372 e. The minimum absolute atomic E-state index is 0.0483. The molecular weight excluding hydrogens is 506 g/mol. The molecule has 2 unspecified atom stereocenters. The number of nitrogens with two attached hydrogens (primary N) is 2. The SMILES string of the molecule is CC(OCC1(c2ccccc2)CC[C@@](NC(N)=O)(C(N)=O)CN1)c1cc(C(F)(F)F)cc(C(F)(F)F)c1. The van der Waals surface area contributed by atoms with Crippen LogP contribution in [0.25, 0.3) is 0 Å². The Bertz CT molecular complexity index is 1100. The third-order valence-electron chi connectivity index (χ3n) is 6.53. The summed E-state index contributed by atoms with van der Waals surface area (Å²) in [6, 6.07) is 9.09. The molecule has 1 aliphatic heterocycles. The number of rotatable bonds is 7. The van der Waals surface area contributed by atoms with Crippen LogP contribution in [0.3, 0.4) is 0 Å². The quantitative estimate of drug-likeness (QED) is 0.404. The lowest BCUT2D eigenvalue weighted by Crippen LogP contribution is -2.69. The second-order valence-corrected chi connectivity index (χ2v) is 9.03. The number of hydrogen-bond donors (Lipinski definition) is 4. The van der Waals surface area contributed by atoms with Crippen LogP contribution in [0.5, 0.6) is 0 Å². The Morgan fingerprint density at radius 2 is 1.57 bits per heavy atom. The Hall–Kier alpha value is -3.32. The maximum atomic E-state index is 13.3. The number of halogens is 6. The van der Waals surface area contributed by atoms with Gasteiger partial charge in [0.15, 0.2) is 0 Å². The average Bonchev–Trinajstić information content (AvgIpc) is 2.82. The zero-order chi connectivity index (χ0) is 27.6. The highest BCUT2D eigenvalue weighted by Crippen LogP contribution is 2.39. The Morgan fingerprint density at radius 1 is 1.00 bits per heavy atom. The van der Waals surface area contributed by atoms with Crippen molar-refractivity contribution in [2.75, 3.05) is 13.2 Å². The van der Waals surface area contributed by atoms with Crippen LogP contribution in [0.15, 0.2) is 48.5 Å². The number of carbonyl (C=O) groups is 2. The Morgan fingerprint density at radius 3 is 2.00 bits per heavy atom. The van der Waals surface area contributed by atoms with E-state index >= 15 is 0 Å². The number of ether oxygens (including phenoxy) is 1. The number of primary amides is 2. The molecule has 202 valence electrons. The molecule has 37 heavy (non-hydrogen) atoms. The third-order valence-corrected chi connectivity index (χ3v) is 6.53. The normalized spacial score (nSPS) is 23.3. The molecule has 0 bridgehead atoms. The molecule has 3 rings (SSSR count). The van der Waals surface area contributed by atoms with Gasteiger partial charge in [-0.3, -0.25) is 4.79 Å². The molecule has 0 aromatic heterocycles. The Labute approximate surface area is 208 Å². The molecule has 6 N–H and O–H groups in total. The molecule has 1 heterocycles. The predicted octanol–water partition coefficient (Wildman–Crippen LogP) is 3.97. The molecule has 3 amide bonds. The van der Waals surface area contributed by atoms with Crippen molar-refractivity contribution >= 4 is 11.9 Å². The number of nitrogens with one attached hydrogen (secondary N) is 2. The van der Waals surface area contributed by atoms with E-state index in [2.05, 4.69) is 10.6 Å². The highest BCUT2D eigenvalue weighted by atomic mass is 19.4. The van der Waals surface area contributed by atoms with Crippen LogP contribution in [0.2, 0.25) is 0 Å². The molecule has 0 spiro atoms. The second-order valence-electron chi connectivity index (χ2n) is 9.03. The molecule has 13 heteroatoms.